The molecule has 1 nitrogen and oxygen atoms in total. The van der Waals surface area contributed by atoms with Crippen molar-refractivity contribution in [3.63, 3.8) is 0 Å². The zero-order chi connectivity index (χ0) is 8.39. The zero-order valence-corrected chi connectivity index (χ0v) is 7.46. The van der Waals surface area contributed by atoms with Crippen LogP contribution in [0.25, 0.3) is 0 Å². The predicted octanol–water partition coefficient (Wildman–Crippen LogP) is 2.48. The van der Waals surface area contributed by atoms with Crippen LogP contribution in [-0.4, -0.2) is 12.6 Å². The van der Waals surface area contributed by atoms with Gasteiger partial charge in [0.2, 0.25) is 0 Å². The van der Waals surface area contributed by atoms with Gasteiger partial charge in [0.15, 0.2) is 0 Å². The Labute approximate surface area is 74.0 Å². The van der Waals surface area contributed by atoms with Gasteiger partial charge in [-0.2, -0.15) is 0 Å². The standard InChI is InChI=1S/C11H14N/c1-10-6-5-9-12(10)11-7-3-2-4-8-11/h2-3,7-8,10H,5-6,9H2,1H3. The van der Waals surface area contributed by atoms with Crippen LogP contribution in [-0.2, 0) is 0 Å². The SMILES string of the molecule is CC1CCCN1c1c[c]ccc1. The molecule has 1 aromatic carbocycles. The van der Waals surface area contributed by atoms with Gasteiger partial charge in [-0.25, -0.2) is 0 Å². The number of nitrogens with zero attached hydrogens (tertiary/aromatic N) is 1. The summed E-state index contributed by atoms with van der Waals surface area (Å²) in [6.45, 7) is 3.50. The fourth-order valence-electron chi connectivity index (χ4n) is 1.88. The van der Waals surface area contributed by atoms with Crippen LogP contribution < -0.4 is 4.90 Å². The van der Waals surface area contributed by atoms with E-state index < -0.39 is 0 Å². The third-order valence-electron chi connectivity index (χ3n) is 2.58. The fraction of sp³-hybridized carbons (Fsp3) is 0.455. The maximum Gasteiger partial charge on any atom is 0.0374 e. The molecule has 1 fully saturated rings. The molecule has 1 aliphatic heterocycles. The largest absolute Gasteiger partial charge is 0.369 e. The molecule has 1 saturated heterocycles. The second-order valence-electron chi connectivity index (χ2n) is 3.45. The van der Waals surface area contributed by atoms with Crippen molar-refractivity contribution in [2.75, 3.05) is 11.4 Å². The fourth-order valence-corrected chi connectivity index (χ4v) is 1.88. The molecule has 1 heterocycles. The van der Waals surface area contributed by atoms with Crippen molar-refractivity contribution >= 4 is 5.69 Å². The molecule has 1 aromatic rings. The predicted molar refractivity (Wildman–Crippen MR) is 51.3 cm³/mol. The van der Waals surface area contributed by atoms with Crippen LogP contribution in [0.1, 0.15) is 19.8 Å². The first kappa shape index (κ1) is 7.66. The lowest BCUT2D eigenvalue weighted by Crippen LogP contribution is -2.25. The molecule has 0 amide bonds. The molecule has 0 bridgehead atoms. The highest BCUT2D eigenvalue weighted by Crippen LogP contribution is 2.24. The molecule has 63 valence electrons. The van der Waals surface area contributed by atoms with E-state index in [1.807, 2.05) is 6.07 Å². The molecular formula is C11H14N. The van der Waals surface area contributed by atoms with E-state index >= 15 is 0 Å². The Kier molecular flexibility index (Phi) is 2.03. The monoisotopic (exact) mass is 160 g/mol. The third kappa shape index (κ3) is 1.31. The van der Waals surface area contributed by atoms with Crippen LogP contribution in [0.4, 0.5) is 5.69 Å². The molecule has 0 aromatic heterocycles. The topological polar surface area (TPSA) is 3.24 Å². The molecule has 2 rings (SSSR count). The summed E-state index contributed by atoms with van der Waals surface area (Å²) in [6, 6.07) is 12.1. The van der Waals surface area contributed by atoms with Crippen molar-refractivity contribution in [1.82, 2.24) is 0 Å². The highest BCUT2D eigenvalue weighted by Gasteiger charge is 2.19. The summed E-state index contributed by atoms with van der Waals surface area (Å²) in [6.07, 6.45) is 2.66. The Morgan fingerprint density at radius 3 is 3.08 bits per heavy atom. The molecule has 0 spiro atoms. The molecule has 1 radical (unpaired) electrons. The van der Waals surface area contributed by atoms with E-state index in [9.17, 15) is 0 Å². The van der Waals surface area contributed by atoms with E-state index in [1.54, 1.807) is 0 Å². The van der Waals surface area contributed by atoms with Gasteiger partial charge in [-0.3, -0.25) is 0 Å². The van der Waals surface area contributed by atoms with E-state index in [1.165, 1.54) is 25.1 Å². The van der Waals surface area contributed by atoms with Crippen LogP contribution in [0.5, 0.6) is 0 Å². The number of hydrogen-bond acceptors (Lipinski definition) is 1. The summed E-state index contributed by atoms with van der Waals surface area (Å²) >= 11 is 0. The van der Waals surface area contributed by atoms with E-state index in [0.29, 0.717) is 6.04 Å². The van der Waals surface area contributed by atoms with Gasteiger partial charge in [-0.15, -0.1) is 0 Å². The first-order chi connectivity index (χ1) is 5.88. The van der Waals surface area contributed by atoms with Crippen molar-refractivity contribution in [2.24, 2.45) is 0 Å². The molecule has 0 N–H and O–H groups in total. The maximum atomic E-state index is 3.12. The van der Waals surface area contributed by atoms with Gasteiger partial charge in [0.1, 0.15) is 0 Å². The van der Waals surface area contributed by atoms with Crippen molar-refractivity contribution in [1.29, 1.82) is 0 Å². The zero-order valence-electron chi connectivity index (χ0n) is 7.46. The number of rotatable bonds is 1. The van der Waals surface area contributed by atoms with Gasteiger partial charge in [0, 0.05) is 18.3 Å². The van der Waals surface area contributed by atoms with E-state index in [-0.39, 0.29) is 0 Å². The minimum atomic E-state index is 0.709. The van der Waals surface area contributed by atoms with Crippen molar-refractivity contribution in [3.8, 4) is 0 Å². The quantitative estimate of drug-likeness (QED) is 0.610. The summed E-state index contributed by atoms with van der Waals surface area (Å²) < 4.78 is 0. The van der Waals surface area contributed by atoms with Crippen LogP contribution in [0.2, 0.25) is 0 Å². The first-order valence-electron chi connectivity index (χ1n) is 4.60. The summed E-state index contributed by atoms with van der Waals surface area (Å²) in [4.78, 5) is 2.45. The van der Waals surface area contributed by atoms with Gasteiger partial charge in [-0.1, -0.05) is 12.1 Å². The minimum Gasteiger partial charge on any atom is -0.369 e. The van der Waals surface area contributed by atoms with Crippen molar-refractivity contribution in [3.05, 3.63) is 30.3 Å². The molecule has 0 saturated carbocycles. The van der Waals surface area contributed by atoms with Gasteiger partial charge in [0.05, 0.1) is 0 Å². The van der Waals surface area contributed by atoms with Gasteiger partial charge < -0.3 is 4.90 Å². The van der Waals surface area contributed by atoms with Crippen molar-refractivity contribution < 1.29 is 0 Å². The van der Waals surface area contributed by atoms with Crippen LogP contribution in [0.15, 0.2) is 24.3 Å². The second-order valence-corrected chi connectivity index (χ2v) is 3.45. The molecule has 1 atom stereocenters. The highest BCUT2D eigenvalue weighted by atomic mass is 15.2. The lowest BCUT2D eigenvalue weighted by molar-refractivity contribution is 0.735. The Morgan fingerprint density at radius 2 is 2.50 bits per heavy atom. The van der Waals surface area contributed by atoms with Gasteiger partial charge >= 0.3 is 0 Å². The van der Waals surface area contributed by atoms with Crippen LogP contribution >= 0.6 is 0 Å². The van der Waals surface area contributed by atoms with Crippen molar-refractivity contribution in [2.45, 2.75) is 25.8 Å². The Morgan fingerprint density at radius 1 is 1.58 bits per heavy atom. The summed E-state index contributed by atoms with van der Waals surface area (Å²) in [5, 5.41) is 0. The summed E-state index contributed by atoms with van der Waals surface area (Å²) in [7, 11) is 0. The van der Waals surface area contributed by atoms with Gasteiger partial charge in [-0.05, 0) is 38.0 Å². The molecule has 12 heavy (non-hydrogen) atoms. The van der Waals surface area contributed by atoms with E-state index in [0.717, 1.165) is 0 Å². The summed E-state index contributed by atoms with van der Waals surface area (Å²) in [5.74, 6) is 0. The maximum absolute atomic E-state index is 3.12. The average Bonchev–Trinajstić information content (AvgIpc) is 2.53. The number of benzene rings is 1. The van der Waals surface area contributed by atoms with Gasteiger partial charge in [0.25, 0.3) is 0 Å². The molecule has 1 heteroatoms. The Balaban J connectivity index is 2.19. The lowest BCUT2D eigenvalue weighted by atomic mass is 10.2. The molecule has 1 unspecified atom stereocenters. The number of hydrogen-bond donors (Lipinski definition) is 0. The van der Waals surface area contributed by atoms with E-state index in [4.69, 9.17) is 0 Å². The normalized spacial score (nSPS) is 23.1. The average molecular weight is 160 g/mol. The molecule has 0 aliphatic carbocycles. The Bertz CT molecular complexity index is 242. The van der Waals surface area contributed by atoms with Crippen LogP contribution in [0, 0.1) is 6.07 Å². The molecular weight excluding hydrogens is 146 g/mol. The highest BCUT2D eigenvalue weighted by molar-refractivity contribution is 5.47. The van der Waals surface area contributed by atoms with E-state index in [2.05, 4.69) is 36.1 Å². The summed E-state index contributed by atoms with van der Waals surface area (Å²) in [5.41, 5.74) is 1.32. The lowest BCUT2D eigenvalue weighted by Gasteiger charge is -2.23. The first-order valence-corrected chi connectivity index (χ1v) is 4.60. The minimum absolute atomic E-state index is 0.709. The number of anilines is 1. The van der Waals surface area contributed by atoms with Crippen LogP contribution in [0.3, 0.4) is 0 Å². The Hall–Kier alpha value is -0.980. The molecule has 1 aliphatic rings. The smallest absolute Gasteiger partial charge is 0.0374 e. The third-order valence-corrected chi connectivity index (χ3v) is 2.58. The second kappa shape index (κ2) is 3.18.